The molecule has 0 spiro atoms. The van der Waals surface area contributed by atoms with Crippen molar-refractivity contribution >= 4 is 23.2 Å². The lowest BCUT2D eigenvalue weighted by Crippen LogP contribution is -2.16. The number of aromatic nitrogens is 3. The second-order valence-corrected chi connectivity index (χ2v) is 6.57. The van der Waals surface area contributed by atoms with E-state index < -0.39 is 11.7 Å². The van der Waals surface area contributed by atoms with Gasteiger partial charge in [-0.05, 0) is 42.5 Å². The van der Waals surface area contributed by atoms with Crippen molar-refractivity contribution in [2.24, 2.45) is 0 Å². The molecule has 6 nitrogen and oxygen atoms in total. The summed E-state index contributed by atoms with van der Waals surface area (Å²) >= 11 is 6.05. The molecular weight excluding hydrogens is 395 g/mol. The number of hydrogen-bond acceptors (Lipinski definition) is 3. The van der Waals surface area contributed by atoms with Crippen LogP contribution in [0.25, 0.3) is 11.5 Å². The van der Waals surface area contributed by atoms with Gasteiger partial charge in [0.15, 0.2) is 5.82 Å². The van der Waals surface area contributed by atoms with Crippen molar-refractivity contribution in [3.63, 3.8) is 0 Å². The molecule has 146 valence electrons. The van der Waals surface area contributed by atoms with E-state index in [9.17, 15) is 9.18 Å². The van der Waals surface area contributed by atoms with Crippen LogP contribution in [-0.4, -0.2) is 27.4 Å². The highest BCUT2D eigenvalue weighted by Crippen LogP contribution is 2.29. The third kappa shape index (κ3) is 3.60. The van der Waals surface area contributed by atoms with Gasteiger partial charge < -0.3 is 14.6 Å². The van der Waals surface area contributed by atoms with E-state index in [2.05, 4.69) is 10.4 Å². The molecule has 0 bridgehead atoms. The Balaban J connectivity index is 1.80. The number of methoxy groups -OCH3 is 1. The van der Waals surface area contributed by atoms with Gasteiger partial charge in [-0.15, -0.1) is 0 Å². The Morgan fingerprint density at radius 1 is 1.14 bits per heavy atom. The van der Waals surface area contributed by atoms with Crippen LogP contribution in [0.3, 0.4) is 0 Å². The van der Waals surface area contributed by atoms with E-state index in [0.717, 1.165) is 0 Å². The maximum Gasteiger partial charge on any atom is 0.261 e. The lowest BCUT2D eigenvalue weighted by molar-refractivity contribution is 0.102. The lowest BCUT2D eigenvalue weighted by Gasteiger charge is -2.13. The van der Waals surface area contributed by atoms with Crippen molar-refractivity contribution in [3.8, 4) is 17.3 Å². The van der Waals surface area contributed by atoms with E-state index in [-0.39, 0.29) is 11.3 Å². The SMILES string of the molecule is COc1ccc(Cl)cc1NC(=O)c1cnn(-c2ccccc2F)c1-n1cccc1. The number of halogens is 2. The summed E-state index contributed by atoms with van der Waals surface area (Å²) in [5.41, 5.74) is 0.907. The number of benzene rings is 2. The van der Waals surface area contributed by atoms with Gasteiger partial charge in [-0.25, -0.2) is 9.07 Å². The van der Waals surface area contributed by atoms with Crippen LogP contribution < -0.4 is 10.1 Å². The molecule has 0 fully saturated rings. The van der Waals surface area contributed by atoms with Crippen molar-refractivity contribution in [2.75, 3.05) is 12.4 Å². The maximum absolute atomic E-state index is 14.4. The molecule has 0 aliphatic heterocycles. The molecule has 1 N–H and O–H groups in total. The second-order valence-electron chi connectivity index (χ2n) is 6.13. The van der Waals surface area contributed by atoms with Gasteiger partial charge in [0.25, 0.3) is 5.91 Å². The zero-order valence-electron chi connectivity index (χ0n) is 15.3. The molecule has 4 rings (SSSR count). The first-order chi connectivity index (χ1) is 14.1. The standard InChI is InChI=1S/C21H16ClFN4O2/c1-29-19-9-8-14(22)12-17(19)25-20(28)15-13-24-27(18-7-3-2-6-16(18)23)21(15)26-10-4-5-11-26/h2-13H,1H3,(H,25,28). The van der Waals surface area contributed by atoms with E-state index in [1.807, 2.05) is 0 Å². The highest BCUT2D eigenvalue weighted by atomic mass is 35.5. The number of anilines is 1. The molecule has 4 aromatic rings. The first-order valence-electron chi connectivity index (χ1n) is 8.69. The van der Waals surface area contributed by atoms with E-state index in [4.69, 9.17) is 16.3 Å². The smallest absolute Gasteiger partial charge is 0.261 e. The third-order valence-corrected chi connectivity index (χ3v) is 4.56. The summed E-state index contributed by atoms with van der Waals surface area (Å²) in [5, 5.41) is 7.51. The number of nitrogens with zero attached hydrogens (tertiary/aromatic N) is 3. The van der Waals surface area contributed by atoms with Gasteiger partial charge >= 0.3 is 0 Å². The van der Waals surface area contributed by atoms with Crippen molar-refractivity contribution in [2.45, 2.75) is 0 Å². The third-order valence-electron chi connectivity index (χ3n) is 4.33. The number of nitrogens with one attached hydrogen (secondary N) is 1. The van der Waals surface area contributed by atoms with Crippen LogP contribution in [0.15, 0.2) is 73.2 Å². The molecule has 0 aliphatic rings. The van der Waals surface area contributed by atoms with E-state index >= 15 is 0 Å². The van der Waals surface area contributed by atoms with Gasteiger partial charge in [-0.2, -0.15) is 5.10 Å². The highest BCUT2D eigenvalue weighted by molar-refractivity contribution is 6.31. The number of amides is 1. The highest BCUT2D eigenvalue weighted by Gasteiger charge is 2.22. The molecule has 29 heavy (non-hydrogen) atoms. The molecule has 0 atom stereocenters. The topological polar surface area (TPSA) is 61.1 Å². The molecular formula is C21H16ClFN4O2. The van der Waals surface area contributed by atoms with E-state index in [1.165, 1.54) is 24.1 Å². The summed E-state index contributed by atoms with van der Waals surface area (Å²) in [6.45, 7) is 0. The van der Waals surface area contributed by atoms with Gasteiger partial charge in [-0.1, -0.05) is 23.7 Å². The van der Waals surface area contributed by atoms with Gasteiger partial charge in [-0.3, -0.25) is 4.79 Å². The van der Waals surface area contributed by atoms with Crippen LogP contribution >= 0.6 is 11.6 Å². The van der Waals surface area contributed by atoms with Crippen LogP contribution in [0.4, 0.5) is 10.1 Å². The minimum absolute atomic E-state index is 0.232. The summed E-state index contributed by atoms with van der Waals surface area (Å²) in [4.78, 5) is 13.1. The number of para-hydroxylation sites is 1. The van der Waals surface area contributed by atoms with Gasteiger partial charge in [0.1, 0.15) is 22.8 Å². The number of carbonyl (C=O) groups excluding carboxylic acids is 1. The van der Waals surface area contributed by atoms with Gasteiger partial charge in [0.2, 0.25) is 0 Å². The summed E-state index contributed by atoms with van der Waals surface area (Å²) in [5.74, 6) is -0.0188. The normalized spacial score (nSPS) is 10.7. The molecule has 8 heteroatoms. The first-order valence-corrected chi connectivity index (χ1v) is 9.07. The molecule has 2 aromatic heterocycles. The molecule has 0 saturated carbocycles. The monoisotopic (exact) mass is 410 g/mol. The lowest BCUT2D eigenvalue weighted by atomic mass is 10.2. The molecule has 0 unspecified atom stereocenters. The number of rotatable bonds is 5. The average molecular weight is 411 g/mol. The molecule has 1 amide bonds. The Morgan fingerprint density at radius 2 is 1.90 bits per heavy atom. The Bertz CT molecular complexity index is 1170. The number of hydrogen-bond donors (Lipinski definition) is 1. The Labute approximate surface area is 171 Å². The maximum atomic E-state index is 14.4. The van der Waals surface area contributed by atoms with E-state index in [1.54, 1.807) is 65.5 Å². The minimum Gasteiger partial charge on any atom is -0.495 e. The summed E-state index contributed by atoms with van der Waals surface area (Å²) < 4.78 is 22.8. The first kappa shape index (κ1) is 18.8. The minimum atomic E-state index is -0.451. The Hall–Kier alpha value is -3.58. The van der Waals surface area contributed by atoms with Gasteiger partial charge in [0.05, 0.1) is 19.0 Å². The Kier molecular flexibility index (Phi) is 5.05. The number of carbonyl (C=O) groups is 1. The van der Waals surface area contributed by atoms with Crippen LogP contribution in [0.1, 0.15) is 10.4 Å². The zero-order chi connectivity index (χ0) is 20.4. The molecule has 0 saturated heterocycles. The number of ether oxygens (including phenoxy) is 1. The fraction of sp³-hybridized carbons (Fsp3) is 0.0476. The van der Waals surface area contributed by atoms with Crippen molar-refractivity contribution in [1.82, 2.24) is 14.3 Å². The van der Waals surface area contributed by atoms with E-state index in [0.29, 0.717) is 22.3 Å². The van der Waals surface area contributed by atoms with Crippen LogP contribution in [0.2, 0.25) is 5.02 Å². The summed E-state index contributed by atoms with van der Waals surface area (Å²) in [6.07, 6.45) is 4.91. The predicted octanol–water partition coefficient (Wildman–Crippen LogP) is 4.72. The summed E-state index contributed by atoms with van der Waals surface area (Å²) in [7, 11) is 1.50. The quantitative estimate of drug-likeness (QED) is 0.518. The van der Waals surface area contributed by atoms with Crippen molar-refractivity contribution in [3.05, 3.63) is 89.6 Å². The second kappa shape index (κ2) is 7.81. The average Bonchev–Trinajstić information content (AvgIpc) is 3.38. The molecule has 2 heterocycles. The molecule has 2 aromatic carbocycles. The Morgan fingerprint density at radius 3 is 2.62 bits per heavy atom. The summed E-state index contributed by atoms with van der Waals surface area (Å²) in [6, 6.07) is 14.8. The van der Waals surface area contributed by atoms with Crippen molar-refractivity contribution < 1.29 is 13.9 Å². The largest absolute Gasteiger partial charge is 0.495 e. The fourth-order valence-electron chi connectivity index (χ4n) is 2.99. The predicted molar refractivity (Wildman–Crippen MR) is 109 cm³/mol. The van der Waals surface area contributed by atoms with Gasteiger partial charge in [0, 0.05) is 17.4 Å². The van der Waals surface area contributed by atoms with Crippen molar-refractivity contribution in [1.29, 1.82) is 0 Å². The molecule has 0 aliphatic carbocycles. The molecule has 0 radical (unpaired) electrons. The van der Waals surface area contributed by atoms with Crippen LogP contribution in [0.5, 0.6) is 5.75 Å². The fourth-order valence-corrected chi connectivity index (χ4v) is 3.17. The zero-order valence-corrected chi connectivity index (χ0v) is 16.1. The van der Waals surface area contributed by atoms with Crippen LogP contribution in [0, 0.1) is 5.82 Å². The van der Waals surface area contributed by atoms with Crippen LogP contribution in [-0.2, 0) is 0 Å².